The number of anilines is 1. The number of carbonyl (C=O) groups excluding carboxylic acids is 1. The molecule has 2 aliphatic rings. The molecule has 1 aliphatic heterocycles. The summed E-state index contributed by atoms with van der Waals surface area (Å²) < 4.78 is 52.7. The van der Waals surface area contributed by atoms with Crippen LogP contribution in [0.5, 0.6) is 0 Å². The molecule has 240 valence electrons. The summed E-state index contributed by atoms with van der Waals surface area (Å²) in [5, 5.41) is 3.34. The van der Waals surface area contributed by atoms with Gasteiger partial charge >= 0.3 is 0 Å². The van der Waals surface area contributed by atoms with Gasteiger partial charge in [0.15, 0.2) is 15.5 Å². The van der Waals surface area contributed by atoms with Gasteiger partial charge < -0.3 is 10.2 Å². The standard InChI is InChI=1S/C34H36F2N6O3S/c1-4-29(46(3,44)45)6-5-7-30-33(42-17-16-37-23-31(42)39-30)38-24(2)34(43)41-20-18-40(19-21-41)32(27-12-14-28(36)15-13-27)26-10-8-25(22-35)9-11-26/h4-6,8,10,12-17,23-24,32,38H,7,18-22H2,1-3H3/b6-5-,29-4+. The van der Waals surface area contributed by atoms with Crippen molar-refractivity contribution in [1.82, 2.24) is 24.2 Å². The predicted molar refractivity (Wildman–Crippen MR) is 174 cm³/mol. The fraction of sp³-hybridized carbons (Fsp3) is 0.324. The Morgan fingerprint density at radius 3 is 2.50 bits per heavy atom. The Balaban J connectivity index is 1.30. The van der Waals surface area contributed by atoms with Crippen LogP contribution in [-0.2, 0) is 21.1 Å². The molecule has 1 N–H and O–H groups in total. The Labute approximate surface area is 267 Å². The molecule has 12 heteroatoms. The van der Waals surface area contributed by atoms with Crippen molar-refractivity contribution in [2.24, 2.45) is 0 Å². The molecule has 0 saturated carbocycles. The molecule has 0 bridgehead atoms. The predicted octanol–water partition coefficient (Wildman–Crippen LogP) is 4.75. The fourth-order valence-electron chi connectivity index (χ4n) is 5.61. The van der Waals surface area contributed by atoms with Crippen LogP contribution in [0.15, 0.2) is 101 Å². The van der Waals surface area contributed by atoms with E-state index in [0.29, 0.717) is 55.3 Å². The third kappa shape index (κ3) is 7.43. The number of fused-ring (bicyclic) bond motifs is 1. The highest BCUT2D eigenvalue weighted by atomic mass is 32.2. The van der Waals surface area contributed by atoms with E-state index in [1.54, 1.807) is 68.9 Å². The second kappa shape index (κ2) is 14.2. The summed E-state index contributed by atoms with van der Waals surface area (Å²) in [6.07, 6.45) is 14.8. The highest BCUT2D eigenvalue weighted by Gasteiger charge is 2.31. The van der Waals surface area contributed by atoms with Crippen molar-refractivity contribution in [3.05, 3.63) is 118 Å². The lowest BCUT2D eigenvalue weighted by atomic mass is 9.94. The first kappa shape index (κ1) is 32.8. The summed E-state index contributed by atoms with van der Waals surface area (Å²) in [5.41, 5.74) is 9.28. The Morgan fingerprint density at radius 1 is 1.13 bits per heavy atom. The van der Waals surface area contributed by atoms with Crippen molar-refractivity contribution >= 4 is 27.2 Å². The smallest absolute Gasteiger partial charge is 0.244 e. The Kier molecular flexibility index (Phi) is 10.1. The minimum absolute atomic E-state index is 0.0797. The molecule has 1 amide bonds. The van der Waals surface area contributed by atoms with Crippen LogP contribution >= 0.6 is 0 Å². The maximum Gasteiger partial charge on any atom is 0.244 e. The summed E-state index contributed by atoms with van der Waals surface area (Å²) in [6, 6.07) is 5.46. The molecule has 46 heavy (non-hydrogen) atoms. The van der Waals surface area contributed by atoms with Crippen LogP contribution in [0, 0.1) is 5.82 Å². The minimum atomic E-state index is -3.36. The molecule has 1 saturated heterocycles. The van der Waals surface area contributed by atoms with E-state index in [2.05, 4.69) is 31.6 Å². The minimum Gasteiger partial charge on any atom is -0.358 e. The number of halogens is 2. The van der Waals surface area contributed by atoms with Crippen molar-refractivity contribution < 1.29 is 22.0 Å². The lowest BCUT2D eigenvalue weighted by Gasteiger charge is -2.40. The molecule has 3 heterocycles. The highest BCUT2D eigenvalue weighted by Crippen LogP contribution is 2.31. The van der Waals surface area contributed by atoms with E-state index in [0.717, 1.165) is 17.4 Å². The first-order chi connectivity index (χ1) is 22.1. The molecular weight excluding hydrogens is 610 g/mol. The summed E-state index contributed by atoms with van der Waals surface area (Å²) in [4.78, 5) is 26.7. The summed E-state index contributed by atoms with van der Waals surface area (Å²) in [6.45, 7) is 4.90. The van der Waals surface area contributed by atoms with E-state index >= 15 is 0 Å². The topological polar surface area (TPSA) is 99.9 Å². The van der Waals surface area contributed by atoms with Crippen LogP contribution < -0.4 is 5.32 Å². The summed E-state index contributed by atoms with van der Waals surface area (Å²) in [7, 11) is -3.36. The van der Waals surface area contributed by atoms with E-state index in [1.165, 1.54) is 12.1 Å². The molecule has 0 radical (unpaired) electrons. The molecule has 9 nitrogen and oxygen atoms in total. The molecule has 1 fully saturated rings. The lowest BCUT2D eigenvalue weighted by Crippen LogP contribution is -2.53. The van der Waals surface area contributed by atoms with Gasteiger partial charge in [-0.15, -0.1) is 0 Å². The van der Waals surface area contributed by atoms with E-state index in [9.17, 15) is 22.0 Å². The molecule has 0 spiro atoms. The van der Waals surface area contributed by atoms with E-state index in [-0.39, 0.29) is 22.7 Å². The number of carbonyl (C=O) groups is 1. The Morgan fingerprint density at radius 2 is 1.87 bits per heavy atom. The van der Waals surface area contributed by atoms with Crippen LogP contribution in [0.2, 0.25) is 0 Å². The monoisotopic (exact) mass is 646 g/mol. The second-order valence-corrected chi connectivity index (χ2v) is 13.2. The number of imidazole rings is 1. The largest absolute Gasteiger partial charge is 0.358 e. The van der Waals surface area contributed by atoms with Gasteiger partial charge in [0.05, 0.1) is 22.8 Å². The zero-order chi connectivity index (χ0) is 32.8. The molecule has 1 aliphatic carbocycles. The van der Waals surface area contributed by atoms with Gasteiger partial charge in [-0.2, -0.15) is 0 Å². The molecule has 2 unspecified atom stereocenters. The third-order valence-electron chi connectivity index (χ3n) is 7.98. The summed E-state index contributed by atoms with van der Waals surface area (Å²) in [5.74, 6) is 0.215. The van der Waals surface area contributed by atoms with Gasteiger partial charge in [0.1, 0.15) is 24.4 Å². The number of benzene rings is 1. The summed E-state index contributed by atoms with van der Waals surface area (Å²) >= 11 is 0. The fourth-order valence-corrected chi connectivity index (χ4v) is 6.38. The first-order valence-corrected chi connectivity index (χ1v) is 16.9. The number of hydrogen-bond acceptors (Lipinski definition) is 7. The van der Waals surface area contributed by atoms with Crippen LogP contribution in [-0.4, -0.2) is 83.6 Å². The number of allylic oxidation sites excluding steroid dienone is 5. The van der Waals surface area contributed by atoms with E-state index in [1.807, 2.05) is 15.4 Å². The Hall–Kier alpha value is -4.60. The van der Waals surface area contributed by atoms with Gasteiger partial charge in [0, 0.05) is 62.4 Å². The number of aromatic nitrogens is 3. The SMILES string of the molecule is C/C=C(\C=C/Cc1nc2cnccn2c1NC(C)C(=O)N1CCN(C(C2=C=C=C(CF)C=C2)c2ccc(F)cc2)CC1)S(C)(=O)=O. The average molecular weight is 647 g/mol. The number of hydrogen-bond donors (Lipinski definition) is 1. The van der Waals surface area contributed by atoms with Crippen molar-refractivity contribution in [2.45, 2.75) is 32.4 Å². The number of alkyl halides is 1. The highest BCUT2D eigenvalue weighted by molar-refractivity contribution is 7.94. The second-order valence-electron chi connectivity index (χ2n) is 11.2. The van der Waals surface area contributed by atoms with Gasteiger partial charge in [0.2, 0.25) is 5.91 Å². The molecule has 2 aromatic heterocycles. The van der Waals surface area contributed by atoms with Gasteiger partial charge in [-0.3, -0.25) is 19.1 Å². The maximum atomic E-state index is 13.8. The lowest BCUT2D eigenvalue weighted by molar-refractivity contribution is -0.133. The Bertz CT molecular complexity index is 1910. The number of amides is 1. The van der Waals surface area contributed by atoms with Crippen LogP contribution in [0.1, 0.15) is 31.1 Å². The van der Waals surface area contributed by atoms with Gasteiger partial charge in [-0.05, 0) is 49.8 Å². The molecular formula is C34H36F2N6O3S. The third-order valence-corrected chi connectivity index (χ3v) is 9.21. The van der Waals surface area contributed by atoms with Crippen LogP contribution in [0.3, 0.4) is 0 Å². The van der Waals surface area contributed by atoms with Crippen molar-refractivity contribution in [3.8, 4) is 0 Å². The zero-order valence-electron chi connectivity index (χ0n) is 26.0. The molecule has 3 aromatic rings. The molecule has 2 atom stereocenters. The van der Waals surface area contributed by atoms with Gasteiger partial charge in [-0.25, -0.2) is 22.2 Å². The van der Waals surface area contributed by atoms with Crippen molar-refractivity contribution in [1.29, 1.82) is 0 Å². The van der Waals surface area contributed by atoms with E-state index < -0.39 is 22.6 Å². The number of piperazine rings is 1. The van der Waals surface area contributed by atoms with Crippen LogP contribution in [0.25, 0.3) is 5.65 Å². The zero-order valence-corrected chi connectivity index (χ0v) is 26.8. The normalized spacial score (nSPS) is 17.3. The number of sulfone groups is 1. The molecule has 5 rings (SSSR count). The first-order valence-electron chi connectivity index (χ1n) is 15.0. The quantitative estimate of drug-likeness (QED) is 0.237. The number of rotatable bonds is 11. The van der Waals surface area contributed by atoms with Gasteiger partial charge in [-0.1, -0.05) is 35.7 Å². The maximum absolute atomic E-state index is 13.8. The van der Waals surface area contributed by atoms with Crippen molar-refractivity contribution in [3.63, 3.8) is 0 Å². The van der Waals surface area contributed by atoms with E-state index in [4.69, 9.17) is 0 Å². The van der Waals surface area contributed by atoms with Crippen LogP contribution in [0.4, 0.5) is 14.6 Å². The average Bonchev–Trinajstić information content (AvgIpc) is 3.40. The molecule has 1 aromatic carbocycles. The van der Waals surface area contributed by atoms with Crippen molar-refractivity contribution in [2.75, 3.05) is 44.4 Å². The number of nitrogens with zero attached hydrogens (tertiary/aromatic N) is 5. The number of nitrogens with one attached hydrogen (secondary N) is 1. The van der Waals surface area contributed by atoms with Gasteiger partial charge in [0.25, 0.3) is 0 Å².